The maximum atomic E-state index is 13.2. The fourth-order valence-corrected chi connectivity index (χ4v) is 3.34. The van der Waals surface area contributed by atoms with Gasteiger partial charge in [0.2, 0.25) is 11.1 Å². The molecule has 0 aliphatic carbocycles. The van der Waals surface area contributed by atoms with E-state index in [1.54, 1.807) is 37.4 Å². The lowest BCUT2D eigenvalue weighted by molar-refractivity contribution is -0.113. The van der Waals surface area contributed by atoms with E-state index in [2.05, 4.69) is 25.6 Å². The summed E-state index contributed by atoms with van der Waals surface area (Å²) in [7, 11) is 1.55. The standard InChI is InChI=1S/C19H15FN6O3S/c1-29-14-7-5-11(6-8-14)16-17(28)22-18-23-24-19(26(18)25-16)30-10-15(27)21-13-4-2-3-12(20)9-13/h2-9H,10H2,1H3,(H,21,27)(H,22,23,28). The molecule has 0 fully saturated rings. The number of thioether (sulfide) groups is 1. The predicted molar refractivity (Wildman–Crippen MR) is 109 cm³/mol. The van der Waals surface area contributed by atoms with Crippen LogP contribution in [0, 0.1) is 5.82 Å². The number of H-pyrrole nitrogens is 1. The van der Waals surface area contributed by atoms with Gasteiger partial charge in [0.15, 0.2) is 5.69 Å². The fraction of sp³-hybridized carbons (Fsp3) is 0.105. The van der Waals surface area contributed by atoms with Crippen molar-refractivity contribution in [2.24, 2.45) is 0 Å². The zero-order valence-electron chi connectivity index (χ0n) is 15.6. The topological polar surface area (TPSA) is 114 Å². The first kappa shape index (κ1) is 19.6. The number of aromatic amines is 1. The minimum atomic E-state index is -0.442. The molecule has 4 rings (SSSR count). The van der Waals surface area contributed by atoms with Crippen LogP contribution in [0.4, 0.5) is 10.1 Å². The van der Waals surface area contributed by atoms with E-state index in [4.69, 9.17) is 4.74 Å². The van der Waals surface area contributed by atoms with Crippen molar-refractivity contribution in [3.05, 3.63) is 64.7 Å². The number of benzene rings is 2. The lowest BCUT2D eigenvalue weighted by Gasteiger charge is -2.05. The molecule has 0 aliphatic rings. The van der Waals surface area contributed by atoms with Crippen molar-refractivity contribution in [1.82, 2.24) is 24.8 Å². The van der Waals surface area contributed by atoms with Gasteiger partial charge in [0.05, 0.1) is 12.9 Å². The molecule has 0 radical (unpaired) electrons. The minimum Gasteiger partial charge on any atom is -0.497 e. The lowest BCUT2D eigenvalue weighted by atomic mass is 10.1. The van der Waals surface area contributed by atoms with Crippen LogP contribution in [0.15, 0.2) is 58.5 Å². The van der Waals surface area contributed by atoms with Crippen LogP contribution in [0.3, 0.4) is 0 Å². The molecule has 0 unspecified atom stereocenters. The first-order valence-corrected chi connectivity index (χ1v) is 9.70. The number of aromatic nitrogens is 5. The zero-order valence-corrected chi connectivity index (χ0v) is 16.4. The van der Waals surface area contributed by atoms with E-state index in [9.17, 15) is 14.0 Å². The summed E-state index contributed by atoms with van der Waals surface area (Å²) in [5.74, 6) is 0.0207. The van der Waals surface area contributed by atoms with Gasteiger partial charge >= 0.3 is 0 Å². The molecule has 152 valence electrons. The molecule has 11 heteroatoms. The molecule has 0 spiro atoms. The van der Waals surface area contributed by atoms with Gasteiger partial charge in [-0.05, 0) is 42.5 Å². The average Bonchev–Trinajstić information content (AvgIpc) is 3.13. The number of amides is 1. The molecular formula is C19H15FN6O3S. The Hall–Kier alpha value is -3.73. The van der Waals surface area contributed by atoms with E-state index in [0.717, 1.165) is 11.8 Å². The lowest BCUT2D eigenvalue weighted by Crippen LogP contribution is -2.16. The van der Waals surface area contributed by atoms with Gasteiger partial charge in [-0.1, -0.05) is 17.8 Å². The van der Waals surface area contributed by atoms with Gasteiger partial charge in [0.1, 0.15) is 11.6 Å². The molecule has 0 saturated heterocycles. The number of anilines is 1. The smallest absolute Gasteiger partial charge is 0.279 e. The molecule has 4 aromatic rings. The normalized spacial score (nSPS) is 10.9. The molecule has 2 N–H and O–H groups in total. The summed E-state index contributed by atoms with van der Waals surface area (Å²) >= 11 is 1.08. The van der Waals surface area contributed by atoms with Gasteiger partial charge in [-0.15, -0.1) is 10.2 Å². The van der Waals surface area contributed by atoms with Gasteiger partial charge < -0.3 is 10.1 Å². The number of hydrogen-bond donors (Lipinski definition) is 2. The third-order valence-electron chi connectivity index (χ3n) is 4.06. The maximum absolute atomic E-state index is 13.2. The number of carbonyl (C=O) groups is 1. The van der Waals surface area contributed by atoms with E-state index < -0.39 is 11.4 Å². The summed E-state index contributed by atoms with van der Waals surface area (Å²) in [6.07, 6.45) is 0. The van der Waals surface area contributed by atoms with E-state index in [0.29, 0.717) is 22.2 Å². The Morgan fingerprint density at radius 2 is 2.03 bits per heavy atom. The predicted octanol–water partition coefficient (Wildman–Crippen LogP) is 2.36. The molecule has 1 amide bonds. The second-order valence-corrected chi connectivity index (χ2v) is 7.04. The Morgan fingerprint density at radius 3 is 2.77 bits per heavy atom. The number of rotatable bonds is 6. The van der Waals surface area contributed by atoms with Crippen molar-refractivity contribution >= 4 is 29.1 Å². The Bertz CT molecular complexity index is 1270. The van der Waals surface area contributed by atoms with Gasteiger partial charge in [-0.3, -0.25) is 14.6 Å². The van der Waals surface area contributed by atoms with Crippen LogP contribution >= 0.6 is 11.8 Å². The van der Waals surface area contributed by atoms with Crippen LogP contribution in [0.5, 0.6) is 5.75 Å². The molecule has 0 saturated carbocycles. The van der Waals surface area contributed by atoms with E-state index in [-0.39, 0.29) is 23.1 Å². The number of methoxy groups -OCH3 is 1. The Balaban J connectivity index is 1.54. The van der Waals surface area contributed by atoms with Gasteiger partial charge in [-0.2, -0.15) is 9.61 Å². The first-order chi connectivity index (χ1) is 14.5. The average molecular weight is 426 g/mol. The molecular weight excluding hydrogens is 411 g/mol. The van der Waals surface area contributed by atoms with E-state index in [1.165, 1.54) is 22.7 Å². The monoisotopic (exact) mass is 426 g/mol. The third-order valence-corrected chi connectivity index (χ3v) is 4.98. The van der Waals surface area contributed by atoms with Crippen LogP contribution in [0.1, 0.15) is 0 Å². The summed E-state index contributed by atoms with van der Waals surface area (Å²) in [6.45, 7) is 0. The van der Waals surface area contributed by atoms with Crippen LogP contribution in [0.2, 0.25) is 0 Å². The fourth-order valence-electron chi connectivity index (χ4n) is 2.66. The zero-order chi connectivity index (χ0) is 21.1. The molecule has 0 aliphatic heterocycles. The van der Waals surface area contributed by atoms with Crippen molar-refractivity contribution in [2.75, 3.05) is 18.2 Å². The van der Waals surface area contributed by atoms with Crippen LogP contribution < -0.4 is 15.6 Å². The highest BCUT2D eigenvalue weighted by molar-refractivity contribution is 7.99. The number of nitrogens with one attached hydrogen (secondary N) is 2. The highest BCUT2D eigenvalue weighted by atomic mass is 32.2. The van der Waals surface area contributed by atoms with Gasteiger partial charge in [0.25, 0.3) is 11.3 Å². The number of fused-ring (bicyclic) bond motifs is 1. The highest BCUT2D eigenvalue weighted by Gasteiger charge is 2.15. The van der Waals surface area contributed by atoms with Gasteiger partial charge in [0, 0.05) is 11.3 Å². The molecule has 9 nitrogen and oxygen atoms in total. The number of hydrogen-bond acceptors (Lipinski definition) is 7. The Kier molecular flexibility index (Phi) is 5.44. The largest absolute Gasteiger partial charge is 0.497 e. The van der Waals surface area contributed by atoms with Crippen molar-refractivity contribution in [2.45, 2.75) is 5.16 Å². The second-order valence-electron chi connectivity index (χ2n) is 6.10. The van der Waals surface area contributed by atoms with E-state index in [1.807, 2.05) is 0 Å². The summed E-state index contributed by atoms with van der Waals surface area (Å²) in [4.78, 5) is 27.1. The number of ether oxygens (including phenoxy) is 1. The number of nitrogens with zero attached hydrogens (tertiary/aromatic N) is 4. The third kappa shape index (κ3) is 4.15. The molecule has 2 aromatic carbocycles. The molecule has 2 heterocycles. The van der Waals surface area contributed by atoms with Crippen molar-refractivity contribution in [1.29, 1.82) is 0 Å². The van der Waals surface area contributed by atoms with Crippen molar-refractivity contribution in [3.8, 4) is 17.0 Å². The van der Waals surface area contributed by atoms with E-state index >= 15 is 0 Å². The van der Waals surface area contributed by atoms with Crippen molar-refractivity contribution < 1.29 is 13.9 Å². The van der Waals surface area contributed by atoms with Gasteiger partial charge in [-0.25, -0.2) is 4.39 Å². The molecule has 2 aromatic heterocycles. The molecule has 0 bridgehead atoms. The van der Waals surface area contributed by atoms with Crippen LogP contribution in [-0.2, 0) is 4.79 Å². The van der Waals surface area contributed by atoms with Crippen LogP contribution in [-0.4, -0.2) is 43.6 Å². The van der Waals surface area contributed by atoms with Crippen LogP contribution in [0.25, 0.3) is 17.0 Å². The van der Waals surface area contributed by atoms with Crippen molar-refractivity contribution in [3.63, 3.8) is 0 Å². The highest BCUT2D eigenvalue weighted by Crippen LogP contribution is 2.20. The SMILES string of the molecule is COc1ccc(-c2nn3c(SCC(=O)Nc4cccc(F)c4)nnc3[nH]c2=O)cc1. The molecule has 30 heavy (non-hydrogen) atoms. The molecule has 0 atom stereocenters. The Labute approximate surface area is 173 Å². The maximum Gasteiger partial charge on any atom is 0.279 e. The summed E-state index contributed by atoms with van der Waals surface area (Å²) in [5, 5.41) is 15.1. The minimum absolute atomic E-state index is 0.00399. The summed E-state index contributed by atoms with van der Waals surface area (Å²) in [6, 6.07) is 12.5. The second kappa shape index (κ2) is 8.33. The number of halogens is 1. The summed E-state index contributed by atoms with van der Waals surface area (Å²) < 4.78 is 19.7. The first-order valence-electron chi connectivity index (χ1n) is 8.72. The summed E-state index contributed by atoms with van der Waals surface area (Å²) in [5.41, 5.74) is 0.708. The number of carbonyl (C=O) groups excluding carboxylic acids is 1. The Morgan fingerprint density at radius 1 is 1.23 bits per heavy atom. The quantitative estimate of drug-likeness (QED) is 0.455.